The first-order valence-electron chi connectivity index (χ1n) is 6.43. The van der Waals surface area contributed by atoms with E-state index in [1.54, 1.807) is 11.3 Å². The minimum Gasteiger partial charge on any atom is -0.393 e. The van der Waals surface area contributed by atoms with Gasteiger partial charge in [-0.2, -0.15) is 0 Å². The third-order valence-electron chi connectivity index (χ3n) is 3.41. The Morgan fingerprint density at radius 1 is 1.53 bits per heavy atom. The lowest BCUT2D eigenvalue weighted by molar-refractivity contribution is 0.194. The quantitative estimate of drug-likeness (QED) is 0.892. The molecule has 96 valence electrons. The minimum atomic E-state index is -0.284. The summed E-state index contributed by atoms with van der Waals surface area (Å²) in [5, 5.41) is 12.7. The van der Waals surface area contributed by atoms with Crippen molar-refractivity contribution in [2.45, 2.75) is 38.7 Å². The number of hydrogen-bond donors (Lipinski definition) is 1. The second-order valence-electron chi connectivity index (χ2n) is 5.24. The zero-order valence-corrected chi connectivity index (χ0v) is 11.5. The number of aliphatic hydroxyl groups excluding tert-OH is 1. The van der Waals surface area contributed by atoms with Gasteiger partial charge >= 0.3 is 0 Å². The van der Waals surface area contributed by atoms with Gasteiger partial charge in [0.05, 0.1) is 16.8 Å². The molecule has 1 aliphatic heterocycles. The molecule has 1 aromatic heterocycles. The van der Waals surface area contributed by atoms with Crippen LogP contribution in [0.25, 0.3) is 0 Å². The fourth-order valence-electron chi connectivity index (χ4n) is 2.35. The van der Waals surface area contributed by atoms with E-state index in [9.17, 15) is 5.11 Å². The molecule has 2 rings (SSSR count). The van der Waals surface area contributed by atoms with Crippen LogP contribution >= 0.6 is 11.3 Å². The van der Waals surface area contributed by atoms with Gasteiger partial charge in [0, 0.05) is 18.2 Å². The number of aromatic nitrogens is 1. The molecule has 0 saturated carbocycles. The summed E-state index contributed by atoms with van der Waals surface area (Å²) in [6, 6.07) is 0. The summed E-state index contributed by atoms with van der Waals surface area (Å²) in [7, 11) is 2.19. The van der Waals surface area contributed by atoms with Gasteiger partial charge in [0.1, 0.15) is 0 Å². The van der Waals surface area contributed by atoms with Crippen molar-refractivity contribution in [2.75, 3.05) is 20.1 Å². The molecule has 0 aromatic carbocycles. The van der Waals surface area contributed by atoms with E-state index in [0.717, 1.165) is 18.0 Å². The molecule has 1 atom stereocenters. The Hall–Kier alpha value is -0.450. The van der Waals surface area contributed by atoms with Gasteiger partial charge in [-0.3, -0.25) is 0 Å². The molecular formula is C13H22N2OS. The summed E-state index contributed by atoms with van der Waals surface area (Å²) in [6.45, 7) is 4.25. The monoisotopic (exact) mass is 254 g/mol. The fraction of sp³-hybridized carbons (Fsp3) is 0.769. The highest BCUT2D eigenvalue weighted by Gasteiger charge is 2.18. The van der Waals surface area contributed by atoms with Crippen molar-refractivity contribution in [3.8, 4) is 0 Å². The number of piperidine rings is 1. The highest BCUT2D eigenvalue weighted by molar-refractivity contribution is 7.09. The molecule has 1 N–H and O–H groups in total. The number of likely N-dealkylation sites (tertiary alicyclic amines) is 1. The van der Waals surface area contributed by atoms with E-state index in [1.165, 1.54) is 30.9 Å². The maximum absolute atomic E-state index is 9.32. The van der Waals surface area contributed by atoms with Gasteiger partial charge in [-0.25, -0.2) is 4.98 Å². The van der Waals surface area contributed by atoms with E-state index in [1.807, 2.05) is 6.92 Å². The summed E-state index contributed by atoms with van der Waals surface area (Å²) in [6.07, 6.45) is 4.11. The maximum Gasteiger partial charge on any atom is 0.0931 e. The average Bonchev–Trinajstić information content (AvgIpc) is 2.68. The molecular weight excluding hydrogens is 232 g/mol. The molecule has 1 fully saturated rings. The highest BCUT2D eigenvalue weighted by atomic mass is 32.1. The average molecular weight is 254 g/mol. The van der Waals surface area contributed by atoms with Crippen molar-refractivity contribution < 1.29 is 5.11 Å². The molecule has 17 heavy (non-hydrogen) atoms. The predicted octanol–water partition coefficient (Wildman–Crippen LogP) is 1.95. The van der Waals surface area contributed by atoms with Gasteiger partial charge < -0.3 is 10.0 Å². The van der Waals surface area contributed by atoms with Crippen LogP contribution in [0.2, 0.25) is 0 Å². The lowest BCUT2D eigenvalue weighted by Gasteiger charge is -2.28. The number of rotatable bonds is 4. The minimum absolute atomic E-state index is 0.284. The molecule has 0 radical (unpaired) electrons. The first kappa shape index (κ1) is 13.0. The lowest BCUT2D eigenvalue weighted by atomic mass is 9.94. The Bertz CT molecular complexity index is 343. The Morgan fingerprint density at radius 3 is 2.88 bits per heavy atom. The zero-order valence-electron chi connectivity index (χ0n) is 10.7. The van der Waals surface area contributed by atoms with Crippen molar-refractivity contribution in [3.05, 3.63) is 16.1 Å². The second-order valence-corrected chi connectivity index (χ2v) is 6.18. The van der Waals surface area contributed by atoms with Crippen LogP contribution in [0.1, 0.15) is 30.5 Å². The van der Waals surface area contributed by atoms with Crippen LogP contribution in [-0.4, -0.2) is 41.2 Å². The van der Waals surface area contributed by atoms with E-state index in [0.29, 0.717) is 6.42 Å². The highest BCUT2D eigenvalue weighted by Crippen LogP contribution is 2.23. The van der Waals surface area contributed by atoms with Crippen LogP contribution in [0.4, 0.5) is 0 Å². The molecule has 2 heterocycles. The van der Waals surface area contributed by atoms with Crippen LogP contribution in [0, 0.1) is 5.92 Å². The normalized spacial score (nSPS) is 20.6. The zero-order chi connectivity index (χ0) is 12.3. The number of thiazole rings is 1. The van der Waals surface area contributed by atoms with Crippen LogP contribution in [0.15, 0.2) is 5.38 Å². The molecule has 3 nitrogen and oxygen atoms in total. The van der Waals surface area contributed by atoms with E-state index in [2.05, 4.69) is 22.3 Å². The van der Waals surface area contributed by atoms with Gasteiger partial charge in [0.15, 0.2) is 0 Å². The molecule has 4 heteroatoms. The molecule has 1 saturated heterocycles. The summed E-state index contributed by atoms with van der Waals surface area (Å²) in [4.78, 5) is 7.01. The van der Waals surface area contributed by atoms with Gasteiger partial charge in [-0.15, -0.1) is 11.3 Å². The first-order valence-corrected chi connectivity index (χ1v) is 7.31. The molecule has 1 aliphatic rings. The van der Waals surface area contributed by atoms with E-state index in [-0.39, 0.29) is 6.10 Å². The van der Waals surface area contributed by atoms with Crippen molar-refractivity contribution in [2.24, 2.45) is 5.92 Å². The topological polar surface area (TPSA) is 36.4 Å². The van der Waals surface area contributed by atoms with Crippen LogP contribution in [-0.2, 0) is 12.8 Å². The second kappa shape index (κ2) is 5.94. The van der Waals surface area contributed by atoms with Gasteiger partial charge in [-0.05, 0) is 45.8 Å². The Balaban J connectivity index is 1.84. The number of aliphatic hydroxyl groups is 1. The standard InChI is InChI=1S/C13H22N2OS/c1-10(16)7-12-9-17-13(14-12)8-11-3-5-15(2)6-4-11/h9-11,16H,3-8H2,1-2H3. The van der Waals surface area contributed by atoms with Crippen LogP contribution in [0.5, 0.6) is 0 Å². The third kappa shape index (κ3) is 4.05. The van der Waals surface area contributed by atoms with Crippen molar-refractivity contribution >= 4 is 11.3 Å². The Kier molecular flexibility index (Phi) is 4.54. The van der Waals surface area contributed by atoms with E-state index < -0.39 is 0 Å². The molecule has 0 amide bonds. The maximum atomic E-state index is 9.32. The summed E-state index contributed by atoms with van der Waals surface area (Å²) < 4.78 is 0. The molecule has 1 unspecified atom stereocenters. The smallest absolute Gasteiger partial charge is 0.0931 e. The summed E-state index contributed by atoms with van der Waals surface area (Å²) >= 11 is 1.75. The molecule has 0 spiro atoms. The summed E-state index contributed by atoms with van der Waals surface area (Å²) in [5.41, 5.74) is 1.05. The van der Waals surface area contributed by atoms with Crippen molar-refractivity contribution in [3.63, 3.8) is 0 Å². The molecule has 0 aliphatic carbocycles. The summed E-state index contributed by atoms with van der Waals surface area (Å²) in [5.74, 6) is 0.803. The van der Waals surface area contributed by atoms with E-state index in [4.69, 9.17) is 0 Å². The first-order chi connectivity index (χ1) is 8.13. The van der Waals surface area contributed by atoms with Gasteiger partial charge in [0.2, 0.25) is 0 Å². The predicted molar refractivity (Wildman–Crippen MR) is 71.4 cm³/mol. The number of nitrogens with zero attached hydrogens (tertiary/aromatic N) is 2. The lowest BCUT2D eigenvalue weighted by Crippen LogP contribution is -2.30. The van der Waals surface area contributed by atoms with Crippen LogP contribution < -0.4 is 0 Å². The molecule has 0 bridgehead atoms. The number of hydrogen-bond acceptors (Lipinski definition) is 4. The third-order valence-corrected chi connectivity index (χ3v) is 4.33. The Morgan fingerprint density at radius 2 is 2.24 bits per heavy atom. The van der Waals surface area contributed by atoms with Gasteiger partial charge in [-0.1, -0.05) is 0 Å². The van der Waals surface area contributed by atoms with E-state index >= 15 is 0 Å². The largest absolute Gasteiger partial charge is 0.393 e. The van der Waals surface area contributed by atoms with Crippen molar-refractivity contribution in [1.82, 2.24) is 9.88 Å². The molecule has 1 aromatic rings. The Labute approximate surface area is 107 Å². The van der Waals surface area contributed by atoms with Gasteiger partial charge in [0.25, 0.3) is 0 Å². The fourth-order valence-corrected chi connectivity index (χ4v) is 3.28. The SMILES string of the molecule is CC(O)Cc1csc(CC2CCN(C)CC2)n1. The van der Waals surface area contributed by atoms with Crippen LogP contribution in [0.3, 0.4) is 0 Å². The van der Waals surface area contributed by atoms with Crippen molar-refractivity contribution in [1.29, 1.82) is 0 Å².